The van der Waals surface area contributed by atoms with Crippen LogP contribution in [-0.4, -0.2) is 6.61 Å². The topological polar surface area (TPSA) is 22.4 Å². The predicted octanol–water partition coefficient (Wildman–Crippen LogP) is 4.58. The van der Waals surface area contributed by atoms with Gasteiger partial charge in [-0.05, 0) is 38.2 Å². The molecular formula is C17H24O2. The van der Waals surface area contributed by atoms with Gasteiger partial charge in [-0.15, -0.1) is 0 Å². The van der Waals surface area contributed by atoms with E-state index in [0.29, 0.717) is 5.92 Å². The van der Waals surface area contributed by atoms with Crippen LogP contribution in [0, 0.1) is 18.3 Å². The van der Waals surface area contributed by atoms with Gasteiger partial charge in [0.2, 0.25) is 0 Å². The summed E-state index contributed by atoms with van der Waals surface area (Å²) < 4.78 is 12.0. The zero-order valence-corrected chi connectivity index (χ0v) is 12.5. The van der Waals surface area contributed by atoms with E-state index in [4.69, 9.17) is 9.15 Å². The normalized spacial score (nSPS) is 33.6. The number of rotatable bonds is 2. The van der Waals surface area contributed by atoms with E-state index in [1.807, 2.05) is 6.26 Å². The molecule has 1 heterocycles. The molecule has 3 atom stereocenters. The fraction of sp³-hybridized carbons (Fsp3) is 0.647. The molecular weight excluding hydrogens is 236 g/mol. The fourth-order valence-electron chi connectivity index (χ4n) is 3.93. The number of furan rings is 1. The zero-order chi connectivity index (χ0) is 13.6. The number of aryl methyl sites for hydroxylation is 1. The number of hydrogen-bond acceptors (Lipinski definition) is 2. The van der Waals surface area contributed by atoms with Gasteiger partial charge in [-0.2, -0.15) is 0 Å². The Kier molecular flexibility index (Phi) is 3.09. The number of hydrogen-bond donors (Lipinski definition) is 0. The highest BCUT2D eigenvalue weighted by molar-refractivity contribution is 5.42. The molecule has 3 unspecified atom stereocenters. The van der Waals surface area contributed by atoms with Crippen LogP contribution in [0.4, 0.5) is 0 Å². The molecule has 3 rings (SSSR count). The number of allylic oxidation sites excluding steroid dienone is 1. The molecule has 2 aliphatic rings. The standard InChI is InChI=1S/C17H24O2/c1-5-18-16-15-11(2)10-19-14(15)9-13-8-6-7-12(3)17(13,16)4/h8,10,12,16H,5-7,9H2,1-4H3. The predicted molar refractivity (Wildman–Crippen MR) is 76.1 cm³/mol. The lowest BCUT2D eigenvalue weighted by Crippen LogP contribution is -2.41. The van der Waals surface area contributed by atoms with Crippen LogP contribution in [0.2, 0.25) is 0 Å². The summed E-state index contributed by atoms with van der Waals surface area (Å²) in [5.74, 6) is 1.78. The molecule has 2 aliphatic carbocycles. The van der Waals surface area contributed by atoms with E-state index in [0.717, 1.165) is 18.8 Å². The maximum Gasteiger partial charge on any atom is 0.113 e. The summed E-state index contributed by atoms with van der Waals surface area (Å²) >= 11 is 0. The van der Waals surface area contributed by atoms with E-state index in [1.54, 1.807) is 0 Å². The Hall–Kier alpha value is -1.02. The van der Waals surface area contributed by atoms with Crippen LogP contribution in [0.5, 0.6) is 0 Å². The molecule has 0 aromatic carbocycles. The van der Waals surface area contributed by atoms with Gasteiger partial charge in [-0.25, -0.2) is 0 Å². The van der Waals surface area contributed by atoms with Crippen LogP contribution < -0.4 is 0 Å². The molecule has 2 heteroatoms. The van der Waals surface area contributed by atoms with Crippen molar-refractivity contribution >= 4 is 0 Å². The van der Waals surface area contributed by atoms with E-state index < -0.39 is 0 Å². The summed E-state index contributed by atoms with van der Waals surface area (Å²) in [6.07, 6.45) is 7.89. The molecule has 0 amide bonds. The molecule has 0 saturated heterocycles. The lowest BCUT2D eigenvalue weighted by molar-refractivity contribution is -0.0493. The van der Waals surface area contributed by atoms with E-state index in [9.17, 15) is 0 Å². The molecule has 104 valence electrons. The van der Waals surface area contributed by atoms with Crippen molar-refractivity contribution in [2.24, 2.45) is 11.3 Å². The van der Waals surface area contributed by atoms with Crippen LogP contribution in [0.25, 0.3) is 0 Å². The van der Waals surface area contributed by atoms with E-state index in [1.165, 1.54) is 29.5 Å². The Morgan fingerprint density at radius 2 is 2.26 bits per heavy atom. The first kappa shape index (κ1) is 13.0. The second-order valence-electron chi connectivity index (χ2n) is 6.26. The maximum absolute atomic E-state index is 6.19. The smallest absolute Gasteiger partial charge is 0.113 e. The van der Waals surface area contributed by atoms with Crippen LogP contribution in [0.15, 0.2) is 22.3 Å². The third-order valence-electron chi connectivity index (χ3n) is 5.30. The number of fused-ring (bicyclic) bond motifs is 2. The Morgan fingerprint density at radius 1 is 1.47 bits per heavy atom. The van der Waals surface area contributed by atoms with Gasteiger partial charge >= 0.3 is 0 Å². The minimum absolute atomic E-state index is 0.135. The second-order valence-corrected chi connectivity index (χ2v) is 6.26. The van der Waals surface area contributed by atoms with E-state index >= 15 is 0 Å². The van der Waals surface area contributed by atoms with Gasteiger partial charge in [0, 0.05) is 24.0 Å². The van der Waals surface area contributed by atoms with Crippen LogP contribution in [0.1, 0.15) is 56.6 Å². The van der Waals surface area contributed by atoms with Gasteiger partial charge in [-0.1, -0.05) is 25.5 Å². The SMILES string of the molecule is CCOC1c2c(C)coc2CC2=CCCC(C)C21C. The van der Waals surface area contributed by atoms with Crippen LogP contribution in [-0.2, 0) is 11.2 Å². The largest absolute Gasteiger partial charge is 0.468 e. The lowest BCUT2D eigenvalue weighted by atomic mass is 9.58. The van der Waals surface area contributed by atoms with Crippen molar-refractivity contribution in [2.45, 2.75) is 53.1 Å². The van der Waals surface area contributed by atoms with Crippen molar-refractivity contribution in [3.63, 3.8) is 0 Å². The van der Waals surface area contributed by atoms with Gasteiger partial charge in [0.05, 0.1) is 12.4 Å². The maximum atomic E-state index is 6.19. The molecule has 0 spiro atoms. The third-order valence-corrected chi connectivity index (χ3v) is 5.30. The first-order chi connectivity index (χ1) is 9.09. The highest BCUT2D eigenvalue weighted by Crippen LogP contribution is 2.57. The first-order valence-electron chi connectivity index (χ1n) is 7.47. The van der Waals surface area contributed by atoms with Gasteiger partial charge in [-0.3, -0.25) is 0 Å². The Labute approximate surface area is 115 Å². The molecule has 0 aliphatic heterocycles. The van der Waals surface area contributed by atoms with Crippen LogP contribution >= 0.6 is 0 Å². The van der Waals surface area contributed by atoms with Gasteiger partial charge in [0.25, 0.3) is 0 Å². The van der Waals surface area contributed by atoms with E-state index in [2.05, 4.69) is 33.8 Å². The molecule has 0 radical (unpaired) electrons. The average molecular weight is 260 g/mol. The minimum atomic E-state index is 0.135. The van der Waals surface area contributed by atoms with Gasteiger partial charge < -0.3 is 9.15 Å². The summed E-state index contributed by atoms with van der Waals surface area (Å²) in [5.41, 5.74) is 4.21. The van der Waals surface area contributed by atoms with Crippen molar-refractivity contribution in [3.05, 3.63) is 34.8 Å². The van der Waals surface area contributed by atoms with E-state index in [-0.39, 0.29) is 11.5 Å². The number of ether oxygens (including phenoxy) is 1. The van der Waals surface area contributed by atoms with Crippen molar-refractivity contribution in [2.75, 3.05) is 6.61 Å². The quantitative estimate of drug-likeness (QED) is 0.726. The highest BCUT2D eigenvalue weighted by atomic mass is 16.5. The minimum Gasteiger partial charge on any atom is -0.468 e. The Morgan fingerprint density at radius 3 is 3.00 bits per heavy atom. The fourth-order valence-corrected chi connectivity index (χ4v) is 3.93. The van der Waals surface area contributed by atoms with Crippen molar-refractivity contribution in [3.8, 4) is 0 Å². The summed E-state index contributed by atoms with van der Waals surface area (Å²) in [4.78, 5) is 0. The zero-order valence-electron chi connectivity index (χ0n) is 12.5. The van der Waals surface area contributed by atoms with Gasteiger partial charge in [0.1, 0.15) is 5.76 Å². The molecule has 1 aromatic heterocycles. The summed E-state index contributed by atoms with van der Waals surface area (Å²) in [7, 11) is 0. The van der Waals surface area contributed by atoms with Crippen molar-refractivity contribution < 1.29 is 9.15 Å². The third kappa shape index (κ3) is 1.73. The molecule has 19 heavy (non-hydrogen) atoms. The Bertz CT molecular complexity index is 511. The van der Waals surface area contributed by atoms with Gasteiger partial charge in [0.15, 0.2) is 0 Å². The van der Waals surface area contributed by atoms with Crippen LogP contribution in [0.3, 0.4) is 0 Å². The molecule has 0 fully saturated rings. The lowest BCUT2D eigenvalue weighted by Gasteiger charge is -2.49. The highest BCUT2D eigenvalue weighted by Gasteiger charge is 2.49. The van der Waals surface area contributed by atoms with Crippen molar-refractivity contribution in [1.82, 2.24) is 0 Å². The van der Waals surface area contributed by atoms with Crippen molar-refractivity contribution in [1.29, 1.82) is 0 Å². The molecule has 2 nitrogen and oxygen atoms in total. The molecule has 0 N–H and O–H groups in total. The second kappa shape index (κ2) is 4.52. The summed E-state index contributed by atoms with van der Waals surface area (Å²) in [5, 5.41) is 0. The molecule has 0 saturated carbocycles. The molecule has 1 aromatic rings. The monoisotopic (exact) mass is 260 g/mol. The average Bonchev–Trinajstić information content (AvgIpc) is 2.74. The Balaban J connectivity index is 2.16. The summed E-state index contributed by atoms with van der Waals surface area (Å²) in [6.45, 7) is 9.74. The summed E-state index contributed by atoms with van der Waals surface area (Å²) in [6, 6.07) is 0. The first-order valence-corrected chi connectivity index (χ1v) is 7.47. The molecule has 0 bridgehead atoms.